The lowest BCUT2D eigenvalue weighted by Gasteiger charge is -2.38. The Kier molecular flexibility index (Phi) is 9.86. The van der Waals surface area contributed by atoms with Gasteiger partial charge in [-0.25, -0.2) is 15.0 Å². The van der Waals surface area contributed by atoms with Crippen LogP contribution in [0.5, 0.6) is 0 Å². The normalized spacial score (nSPS) is 13.4. The summed E-state index contributed by atoms with van der Waals surface area (Å²) in [6.45, 7) is 10.3. The monoisotopic (exact) mass is 644 g/mol. The summed E-state index contributed by atoms with van der Waals surface area (Å²) in [6.07, 6.45) is 6.88. The number of anilines is 5. The number of fused-ring (bicyclic) bond motifs is 1. The molecule has 4 heterocycles. The zero-order valence-corrected chi connectivity index (χ0v) is 27.7. The number of aryl methyl sites for hydroxylation is 1. The topological polar surface area (TPSA) is 138 Å². The van der Waals surface area contributed by atoms with E-state index in [0.717, 1.165) is 65.0 Å². The van der Waals surface area contributed by atoms with Crippen LogP contribution in [0.3, 0.4) is 0 Å². The van der Waals surface area contributed by atoms with Crippen LogP contribution >= 0.6 is 12.4 Å². The Bertz CT molecular complexity index is 1970. The predicted molar refractivity (Wildman–Crippen MR) is 190 cm³/mol. The maximum Gasteiger partial charge on any atom is 0.163 e. The van der Waals surface area contributed by atoms with Crippen molar-refractivity contribution in [3.05, 3.63) is 89.9 Å². The first-order valence-electron chi connectivity index (χ1n) is 15.4. The number of rotatable bonds is 7. The maximum atomic E-state index is 10.5. The molecule has 1 aliphatic rings. The van der Waals surface area contributed by atoms with Crippen LogP contribution < -0.4 is 20.9 Å². The first kappa shape index (κ1) is 33.1. The van der Waals surface area contributed by atoms with Gasteiger partial charge in [-0.1, -0.05) is 18.2 Å². The minimum Gasteiger partial charge on any atom is -0.370 e. The van der Waals surface area contributed by atoms with E-state index in [1.807, 2.05) is 55.5 Å². The van der Waals surface area contributed by atoms with Crippen LogP contribution in [0.4, 0.5) is 28.7 Å². The highest BCUT2D eigenvalue weighted by Gasteiger charge is 2.27. The van der Waals surface area contributed by atoms with Crippen LogP contribution in [0.25, 0.3) is 22.3 Å². The number of hydrogen-bond donors (Lipinski definition) is 3. The molecule has 238 valence electrons. The minimum absolute atomic E-state index is 0. The van der Waals surface area contributed by atoms with Crippen molar-refractivity contribution < 1.29 is 0 Å². The number of aromatic nitrogens is 4. The molecule has 1 saturated heterocycles. The van der Waals surface area contributed by atoms with E-state index in [1.165, 1.54) is 6.20 Å². The smallest absolute Gasteiger partial charge is 0.163 e. The van der Waals surface area contributed by atoms with Crippen LogP contribution in [-0.2, 0) is 0 Å². The molecule has 10 nitrogen and oxygen atoms in total. The van der Waals surface area contributed by atoms with E-state index in [-0.39, 0.29) is 17.9 Å². The highest BCUT2D eigenvalue weighted by Crippen LogP contribution is 2.37. The molecule has 1 aliphatic heterocycles. The van der Waals surface area contributed by atoms with Gasteiger partial charge < -0.3 is 20.9 Å². The van der Waals surface area contributed by atoms with E-state index >= 15 is 0 Å². The Labute approximate surface area is 281 Å². The molecule has 0 atom stereocenters. The van der Waals surface area contributed by atoms with Crippen molar-refractivity contribution in [2.45, 2.75) is 52.1 Å². The second-order valence-electron chi connectivity index (χ2n) is 12.6. The second kappa shape index (κ2) is 14.0. The third kappa shape index (κ3) is 7.41. The van der Waals surface area contributed by atoms with E-state index in [4.69, 9.17) is 4.98 Å². The van der Waals surface area contributed by atoms with Gasteiger partial charge in [0.2, 0.25) is 0 Å². The number of nitriles is 2. The molecule has 1 fully saturated rings. The summed E-state index contributed by atoms with van der Waals surface area (Å²) >= 11 is 0. The number of pyridine rings is 2. The van der Waals surface area contributed by atoms with Gasteiger partial charge in [-0.2, -0.15) is 10.5 Å². The van der Waals surface area contributed by atoms with Gasteiger partial charge >= 0.3 is 0 Å². The van der Waals surface area contributed by atoms with Crippen molar-refractivity contribution in [2.75, 3.05) is 28.6 Å². The van der Waals surface area contributed by atoms with Gasteiger partial charge in [0.05, 0.1) is 17.4 Å². The van der Waals surface area contributed by atoms with Gasteiger partial charge in [-0.3, -0.25) is 4.98 Å². The molecule has 0 bridgehead atoms. The molecule has 0 spiro atoms. The number of piperidine rings is 1. The van der Waals surface area contributed by atoms with Crippen molar-refractivity contribution in [3.8, 4) is 23.5 Å². The first-order chi connectivity index (χ1) is 22.2. The molecule has 0 radical (unpaired) electrons. The Hall–Kier alpha value is -5.29. The SMILES string of the molecule is Cc1cc(Nc2nc3ccccc3c(N3CCC(NC(C)(C)C)CC3)c2C#N)ccc1Nc1nc(-c2cccnc2)ncc1C#N.Cl. The molecular formula is C36H37ClN10. The molecule has 3 aromatic heterocycles. The predicted octanol–water partition coefficient (Wildman–Crippen LogP) is 7.40. The number of benzene rings is 2. The number of nitrogens with one attached hydrogen (secondary N) is 3. The minimum atomic E-state index is 0. The average molecular weight is 645 g/mol. The fourth-order valence-corrected chi connectivity index (χ4v) is 5.92. The summed E-state index contributed by atoms with van der Waals surface area (Å²) in [4.78, 5) is 20.3. The Balaban J connectivity index is 0.00000433. The zero-order valence-electron chi connectivity index (χ0n) is 26.9. The van der Waals surface area contributed by atoms with E-state index in [1.54, 1.807) is 12.4 Å². The van der Waals surface area contributed by atoms with E-state index < -0.39 is 0 Å². The first-order valence-corrected chi connectivity index (χ1v) is 15.4. The quantitative estimate of drug-likeness (QED) is 0.164. The highest BCUT2D eigenvalue weighted by molar-refractivity contribution is 5.98. The van der Waals surface area contributed by atoms with Crippen LogP contribution in [0.15, 0.2) is 73.2 Å². The molecule has 0 aliphatic carbocycles. The molecule has 0 saturated carbocycles. The Morgan fingerprint density at radius 3 is 2.36 bits per heavy atom. The third-order valence-electron chi connectivity index (χ3n) is 8.00. The highest BCUT2D eigenvalue weighted by atomic mass is 35.5. The number of hydrogen-bond acceptors (Lipinski definition) is 10. The molecule has 0 amide bonds. The summed E-state index contributed by atoms with van der Waals surface area (Å²) in [6, 6.07) is 22.6. The third-order valence-corrected chi connectivity index (χ3v) is 8.00. The molecule has 5 aromatic rings. The van der Waals surface area contributed by atoms with Gasteiger partial charge in [0.25, 0.3) is 0 Å². The average Bonchev–Trinajstić information content (AvgIpc) is 3.05. The molecule has 47 heavy (non-hydrogen) atoms. The van der Waals surface area contributed by atoms with Crippen LogP contribution in [0, 0.1) is 29.6 Å². The summed E-state index contributed by atoms with van der Waals surface area (Å²) in [5.74, 6) is 1.41. The molecule has 6 rings (SSSR count). The van der Waals surface area contributed by atoms with E-state index in [9.17, 15) is 10.5 Å². The molecule has 2 aromatic carbocycles. The van der Waals surface area contributed by atoms with Crippen molar-refractivity contribution >= 4 is 52.0 Å². The lowest BCUT2D eigenvalue weighted by atomic mass is 9.98. The molecule has 11 heteroatoms. The van der Waals surface area contributed by atoms with Crippen molar-refractivity contribution in [2.24, 2.45) is 0 Å². The van der Waals surface area contributed by atoms with E-state index in [2.05, 4.69) is 74.8 Å². The summed E-state index contributed by atoms with van der Waals surface area (Å²) in [7, 11) is 0. The number of para-hydroxylation sites is 1. The second-order valence-corrected chi connectivity index (χ2v) is 12.6. The van der Waals surface area contributed by atoms with Crippen molar-refractivity contribution in [1.29, 1.82) is 10.5 Å². The van der Waals surface area contributed by atoms with Gasteiger partial charge in [0.1, 0.15) is 23.3 Å². The molecule has 0 unspecified atom stereocenters. The van der Waals surface area contributed by atoms with Crippen molar-refractivity contribution in [3.63, 3.8) is 0 Å². The Morgan fingerprint density at radius 1 is 0.894 bits per heavy atom. The lowest BCUT2D eigenvalue weighted by molar-refractivity contribution is 0.317. The van der Waals surface area contributed by atoms with E-state index in [0.29, 0.717) is 34.6 Å². The van der Waals surface area contributed by atoms with Crippen molar-refractivity contribution in [1.82, 2.24) is 25.3 Å². The lowest BCUT2D eigenvalue weighted by Crippen LogP contribution is -2.49. The van der Waals surface area contributed by atoms with Gasteiger partial charge in [0, 0.05) is 59.4 Å². The summed E-state index contributed by atoms with van der Waals surface area (Å²) in [5, 5.41) is 31.6. The van der Waals surface area contributed by atoms with Crippen LogP contribution in [0.1, 0.15) is 50.3 Å². The largest absolute Gasteiger partial charge is 0.370 e. The number of halogens is 1. The standard InChI is InChI=1S/C36H36N10.ClH/c1-23-18-27(11-12-30(23)42-34-25(19-37)22-40-33(44-34)24-8-7-15-39-21-24)41-35-29(20-38)32(28-9-5-6-10-31(28)43-35)46-16-13-26(14-17-46)45-36(2,3)4;/h5-12,15,18,21-22,26,45H,13-14,16-17H2,1-4H3,(H,41,43)(H,40,42,44);1H. The summed E-state index contributed by atoms with van der Waals surface area (Å²) < 4.78 is 0. The fourth-order valence-electron chi connectivity index (χ4n) is 5.92. The fraction of sp³-hybridized carbons (Fsp3) is 0.278. The summed E-state index contributed by atoms with van der Waals surface area (Å²) in [5.41, 5.74) is 5.94. The van der Waals surface area contributed by atoms with Gasteiger partial charge in [-0.15, -0.1) is 12.4 Å². The maximum absolute atomic E-state index is 10.5. The Morgan fingerprint density at radius 2 is 1.68 bits per heavy atom. The zero-order chi connectivity index (χ0) is 32.3. The number of nitrogens with zero attached hydrogens (tertiary/aromatic N) is 7. The van der Waals surface area contributed by atoms with Crippen LogP contribution in [-0.4, -0.2) is 44.6 Å². The van der Waals surface area contributed by atoms with Gasteiger partial charge in [0.15, 0.2) is 17.5 Å². The molecule has 3 N–H and O–H groups in total. The van der Waals surface area contributed by atoms with Crippen LogP contribution in [0.2, 0.25) is 0 Å². The molecular weight excluding hydrogens is 608 g/mol. The van der Waals surface area contributed by atoms with Gasteiger partial charge in [-0.05, 0) is 82.5 Å².